The molecule has 1 N–H and O–H groups in total. The second-order valence-electron chi connectivity index (χ2n) is 7.01. The number of ether oxygens (including phenoxy) is 2. The normalized spacial score (nSPS) is 11.1. The van der Waals surface area contributed by atoms with Gasteiger partial charge in [-0.2, -0.15) is 9.78 Å². The Hall–Kier alpha value is -3.65. The number of fused-ring (bicyclic) bond motifs is 1. The molecule has 0 aliphatic rings. The molecule has 0 aliphatic heterocycles. The van der Waals surface area contributed by atoms with Crippen molar-refractivity contribution in [2.24, 2.45) is 0 Å². The van der Waals surface area contributed by atoms with Crippen LogP contribution in [0.25, 0.3) is 22.8 Å². The summed E-state index contributed by atoms with van der Waals surface area (Å²) in [5.74, 6) is 2.03. The van der Waals surface area contributed by atoms with Gasteiger partial charge >= 0.3 is 0 Å². The van der Waals surface area contributed by atoms with E-state index in [1.807, 2.05) is 49.4 Å². The molecule has 162 valence electrons. The first-order valence-electron chi connectivity index (χ1n) is 9.82. The van der Waals surface area contributed by atoms with E-state index in [9.17, 15) is 4.79 Å². The molecule has 0 bridgehead atoms. The first-order chi connectivity index (χ1) is 15.5. The van der Waals surface area contributed by atoms with Gasteiger partial charge in [0.05, 0.1) is 29.9 Å². The molecule has 7 nitrogen and oxygen atoms in total. The van der Waals surface area contributed by atoms with Crippen LogP contribution in [-0.2, 0) is 4.79 Å². The molecule has 32 heavy (non-hydrogen) atoms. The molecule has 4 rings (SSSR count). The van der Waals surface area contributed by atoms with E-state index in [4.69, 9.17) is 9.47 Å². The van der Waals surface area contributed by atoms with Crippen molar-refractivity contribution < 1.29 is 14.3 Å². The van der Waals surface area contributed by atoms with Crippen molar-refractivity contribution >= 4 is 44.6 Å². The number of anilines is 1. The number of methoxy groups -OCH3 is 2. The number of pyridine rings is 1. The minimum Gasteiger partial charge on any atom is -0.493 e. The molecule has 0 radical (unpaired) electrons. The van der Waals surface area contributed by atoms with Gasteiger partial charge < -0.3 is 14.8 Å². The lowest BCUT2D eigenvalue weighted by Crippen LogP contribution is -2.13. The van der Waals surface area contributed by atoms with Crippen LogP contribution >= 0.6 is 15.9 Å². The SMILES string of the molecule is COc1cc(/C=C/C(=O)Nc2cc(C)nn2-c2ccc3ccccc3n2)cc(Br)c1OC. The van der Waals surface area contributed by atoms with Gasteiger partial charge in [0.1, 0.15) is 5.82 Å². The molecule has 2 heterocycles. The number of hydrogen-bond acceptors (Lipinski definition) is 5. The van der Waals surface area contributed by atoms with Crippen LogP contribution in [-0.4, -0.2) is 34.9 Å². The number of nitrogens with one attached hydrogen (secondary N) is 1. The van der Waals surface area contributed by atoms with Crippen molar-refractivity contribution in [3.63, 3.8) is 0 Å². The lowest BCUT2D eigenvalue weighted by molar-refractivity contribution is -0.111. The highest BCUT2D eigenvalue weighted by Gasteiger charge is 2.12. The summed E-state index contributed by atoms with van der Waals surface area (Å²) in [6.07, 6.45) is 3.15. The maximum atomic E-state index is 12.6. The Kier molecular flexibility index (Phi) is 6.23. The molecular formula is C24H21BrN4O3. The summed E-state index contributed by atoms with van der Waals surface area (Å²) < 4.78 is 13.0. The smallest absolute Gasteiger partial charge is 0.249 e. The molecule has 0 aliphatic carbocycles. The fraction of sp³-hybridized carbons (Fsp3) is 0.125. The van der Waals surface area contributed by atoms with Crippen LogP contribution in [0.4, 0.5) is 5.82 Å². The van der Waals surface area contributed by atoms with Crippen LogP contribution in [0.2, 0.25) is 0 Å². The number of rotatable bonds is 6. The van der Waals surface area contributed by atoms with E-state index in [0.29, 0.717) is 23.1 Å². The molecule has 0 fully saturated rings. The summed E-state index contributed by atoms with van der Waals surface area (Å²) >= 11 is 3.46. The van der Waals surface area contributed by atoms with Crippen LogP contribution in [0.5, 0.6) is 11.5 Å². The summed E-state index contributed by atoms with van der Waals surface area (Å²) in [7, 11) is 3.13. The highest BCUT2D eigenvalue weighted by molar-refractivity contribution is 9.10. The second-order valence-corrected chi connectivity index (χ2v) is 7.86. The Balaban J connectivity index is 1.57. The van der Waals surface area contributed by atoms with E-state index in [1.54, 1.807) is 37.1 Å². The Bertz CT molecular complexity index is 1330. The van der Waals surface area contributed by atoms with Crippen molar-refractivity contribution in [1.82, 2.24) is 14.8 Å². The third kappa shape index (κ3) is 4.50. The lowest BCUT2D eigenvalue weighted by Gasteiger charge is -2.10. The molecule has 0 saturated heterocycles. The van der Waals surface area contributed by atoms with E-state index in [1.165, 1.54) is 6.08 Å². The summed E-state index contributed by atoms with van der Waals surface area (Å²) in [6.45, 7) is 1.87. The number of carbonyl (C=O) groups is 1. The van der Waals surface area contributed by atoms with E-state index in [-0.39, 0.29) is 5.91 Å². The number of hydrogen-bond donors (Lipinski definition) is 1. The molecule has 2 aromatic carbocycles. The van der Waals surface area contributed by atoms with Crippen LogP contribution in [0.15, 0.2) is 65.1 Å². The molecule has 0 saturated carbocycles. The van der Waals surface area contributed by atoms with Gasteiger partial charge in [0.2, 0.25) is 5.91 Å². The monoisotopic (exact) mass is 492 g/mol. The fourth-order valence-corrected chi connectivity index (χ4v) is 3.93. The van der Waals surface area contributed by atoms with Gasteiger partial charge in [-0.15, -0.1) is 0 Å². The number of nitrogens with zero attached hydrogens (tertiary/aromatic N) is 3. The maximum Gasteiger partial charge on any atom is 0.249 e. The highest BCUT2D eigenvalue weighted by atomic mass is 79.9. The molecule has 8 heteroatoms. The quantitative estimate of drug-likeness (QED) is 0.376. The molecule has 0 atom stereocenters. The molecule has 0 spiro atoms. The van der Waals surface area contributed by atoms with Gasteiger partial charge in [0.25, 0.3) is 0 Å². The van der Waals surface area contributed by atoms with Crippen LogP contribution < -0.4 is 14.8 Å². The number of para-hydroxylation sites is 1. The number of aromatic nitrogens is 3. The average molecular weight is 493 g/mol. The van der Waals surface area contributed by atoms with Crippen molar-refractivity contribution in [3.8, 4) is 17.3 Å². The van der Waals surface area contributed by atoms with Crippen LogP contribution in [0.1, 0.15) is 11.3 Å². The maximum absolute atomic E-state index is 12.6. The summed E-state index contributed by atoms with van der Waals surface area (Å²) in [6, 6.07) is 17.1. The topological polar surface area (TPSA) is 78.3 Å². The Morgan fingerprint density at radius 1 is 1.09 bits per heavy atom. The fourth-order valence-electron chi connectivity index (χ4n) is 3.31. The third-order valence-electron chi connectivity index (χ3n) is 4.77. The van der Waals surface area contributed by atoms with Gasteiger partial charge in [-0.3, -0.25) is 4.79 Å². The number of carbonyl (C=O) groups excluding carboxylic acids is 1. The predicted molar refractivity (Wildman–Crippen MR) is 129 cm³/mol. The number of benzene rings is 2. The predicted octanol–water partition coefficient (Wildman–Crippen LogP) is 5.16. The molecule has 1 amide bonds. The van der Waals surface area contributed by atoms with Gasteiger partial charge in [0.15, 0.2) is 17.3 Å². The number of aryl methyl sites for hydroxylation is 1. The highest BCUT2D eigenvalue weighted by Crippen LogP contribution is 2.36. The van der Waals surface area contributed by atoms with Crippen LogP contribution in [0.3, 0.4) is 0 Å². The van der Waals surface area contributed by atoms with E-state index < -0.39 is 0 Å². The second kappa shape index (κ2) is 9.23. The zero-order chi connectivity index (χ0) is 22.7. The first kappa shape index (κ1) is 21.6. The molecular weight excluding hydrogens is 472 g/mol. The molecule has 0 unspecified atom stereocenters. The molecule has 2 aromatic heterocycles. The Morgan fingerprint density at radius 3 is 2.69 bits per heavy atom. The summed E-state index contributed by atoms with van der Waals surface area (Å²) in [5.41, 5.74) is 2.41. The van der Waals surface area contributed by atoms with Crippen molar-refractivity contribution in [3.05, 3.63) is 76.4 Å². The Labute approximate surface area is 193 Å². The zero-order valence-corrected chi connectivity index (χ0v) is 19.4. The largest absolute Gasteiger partial charge is 0.493 e. The standard InChI is InChI=1S/C24H21BrN4O3/c1-15-12-22(29(28-15)21-10-9-17-6-4-5-7-19(17)26-21)27-23(30)11-8-16-13-18(25)24(32-3)20(14-16)31-2/h4-14H,1-3H3,(H,27,30)/b11-8+. The summed E-state index contributed by atoms with van der Waals surface area (Å²) in [5, 5.41) is 8.41. The Morgan fingerprint density at radius 2 is 1.91 bits per heavy atom. The zero-order valence-electron chi connectivity index (χ0n) is 17.8. The van der Waals surface area contributed by atoms with Crippen molar-refractivity contribution in [2.75, 3.05) is 19.5 Å². The van der Waals surface area contributed by atoms with E-state index in [0.717, 1.165) is 26.6 Å². The summed E-state index contributed by atoms with van der Waals surface area (Å²) in [4.78, 5) is 17.3. The van der Waals surface area contributed by atoms with E-state index in [2.05, 4.69) is 31.3 Å². The number of halogens is 1. The van der Waals surface area contributed by atoms with Crippen molar-refractivity contribution in [1.29, 1.82) is 0 Å². The van der Waals surface area contributed by atoms with Gasteiger partial charge in [-0.25, -0.2) is 4.98 Å². The average Bonchev–Trinajstić information content (AvgIpc) is 3.16. The lowest BCUT2D eigenvalue weighted by atomic mass is 10.2. The molecule has 4 aromatic rings. The van der Waals surface area contributed by atoms with Crippen molar-refractivity contribution in [2.45, 2.75) is 6.92 Å². The van der Waals surface area contributed by atoms with E-state index >= 15 is 0 Å². The third-order valence-corrected chi connectivity index (χ3v) is 5.36. The minimum absolute atomic E-state index is 0.294. The number of amides is 1. The van der Waals surface area contributed by atoms with Crippen LogP contribution in [0, 0.1) is 6.92 Å². The van der Waals surface area contributed by atoms with Gasteiger partial charge in [0, 0.05) is 17.5 Å². The first-order valence-corrected chi connectivity index (χ1v) is 10.6. The van der Waals surface area contributed by atoms with Gasteiger partial charge in [-0.05, 0) is 64.8 Å². The minimum atomic E-state index is -0.294. The van der Waals surface area contributed by atoms with Gasteiger partial charge in [-0.1, -0.05) is 18.2 Å².